The maximum atomic E-state index is 13.6. The molecule has 1 heterocycles. The molecular weight excluding hydrogens is 390 g/mol. The first-order valence-corrected chi connectivity index (χ1v) is 9.98. The molecule has 4 rings (SSSR count). The van der Waals surface area contributed by atoms with Gasteiger partial charge in [-0.3, -0.25) is 4.79 Å². The summed E-state index contributed by atoms with van der Waals surface area (Å²) in [5.41, 5.74) is 3.65. The fraction of sp³-hybridized carbons (Fsp3) is 0.154. The average molecular weight is 413 g/mol. The molecule has 3 aromatic carbocycles. The smallest absolute Gasteiger partial charge is 0.199 e. The second-order valence-electron chi connectivity index (χ2n) is 8.49. The number of aromatic nitrogens is 1. The molecule has 0 saturated heterocycles. The van der Waals surface area contributed by atoms with Crippen molar-refractivity contribution in [2.24, 2.45) is 0 Å². The highest BCUT2D eigenvalue weighted by Gasteiger charge is 2.26. The lowest BCUT2D eigenvalue weighted by Gasteiger charge is -2.19. The van der Waals surface area contributed by atoms with Crippen molar-refractivity contribution >= 4 is 5.78 Å². The molecule has 0 fully saturated rings. The maximum absolute atomic E-state index is 13.6. The van der Waals surface area contributed by atoms with E-state index >= 15 is 0 Å². The Labute approximate surface area is 180 Å². The van der Waals surface area contributed by atoms with Gasteiger partial charge in [0.15, 0.2) is 11.5 Å². The van der Waals surface area contributed by atoms with Gasteiger partial charge in [0.2, 0.25) is 0 Å². The molecule has 5 nitrogen and oxygen atoms in total. The monoisotopic (exact) mass is 413 g/mol. The van der Waals surface area contributed by atoms with Crippen molar-refractivity contribution in [2.75, 3.05) is 0 Å². The molecule has 0 atom stereocenters. The Bertz CT molecular complexity index is 1150. The molecule has 0 aliphatic heterocycles. The summed E-state index contributed by atoms with van der Waals surface area (Å²) in [6.07, 6.45) is 0. The van der Waals surface area contributed by atoms with Crippen molar-refractivity contribution in [2.45, 2.75) is 26.2 Å². The summed E-state index contributed by atoms with van der Waals surface area (Å²) in [6, 6.07) is 20.4. The van der Waals surface area contributed by atoms with E-state index in [0.29, 0.717) is 33.7 Å². The van der Waals surface area contributed by atoms with Gasteiger partial charge in [-0.25, -0.2) is 0 Å². The van der Waals surface area contributed by atoms with Gasteiger partial charge < -0.3 is 14.7 Å². The minimum absolute atomic E-state index is 0.0207. The van der Waals surface area contributed by atoms with Gasteiger partial charge >= 0.3 is 0 Å². The van der Waals surface area contributed by atoms with Crippen LogP contribution in [0.3, 0.4) is 0 Å². The van der Waals surface area contributed by atoms with Crippen molar-refractivity contribution in [3.05, 3.63) is 89.5 Å². The van der Waals surface area contributed by atoms with Crippen LogP contribution >= 0.6 is 0 Å². The van der Waals surface area contributed by atoms with Crippen LogP contribution in [0.5, 0.6) is 11.5 Å². The van der Waals surface area contributed by atoms with Crippen molar-refractivity contribution in [1.29, 1.82) is 0 Å². The topological polar surface area (TPSA) is 83.6 Å². The summed E-state index contributed by atoms with van der Waals surface area (Å²) in [7, 11) is 0. The van der Waals surface area contributed by atoms with Gasteiger partial charge in [0, 0.05) is 16.7 Å². The van der Waals surface area contributed by atoms with Crippen LogP contribution in [0.4, 0.5) is 0 Å². The highest BCUT2D eigenvalue weighted by atomic mass is 16.5. The summed E-state index contributed by atoms with van der Waals surface area (Å²) in [4.78, 5) is 13.6. The number of carbonyl (C=O) groups is 1. The zero-order valence-electron chi connectivity index (χ0n) is 17.6. The van der Waals surface area contributed by atoms with Crippen LogP contribution in [0.25, 0.3) is 22.6 Å². The third-order valence-electron chi connectivity index (χ3n) is 5.20. The number of phenolic OH excluding ortho intramolecular Hbond substituents is 2. The number of aromatic hydroxyl groups is 2. The second kappa shape index (κ2) is 7.76. The SMILES string of the molecule is CC(C)(C)c1ccc(C(=O)c2c(-c3ccc(O)cc3)noc2-c2ccc(O)cc2)cc1. The minimum Gasteiger partial charge on any atom is -0.508 e. The van der Waals surface area contributed by atoms with Crippen LogP contribution in [0.1, 0.15) is 42.3 Å². The lowest BCUT2D eigenvalue weighted by atomic mass is 9.86. The van der Waals surface area contributed by atoms with E-state index < -0.39 is 0 Å². The molecule has 4 aromatic rings. The molecule has 1 aromatic heterocycles. The first kappa shape index (κ1) is 20.4. The van der Waals surface area contributed by atoms with Crippen LogP contribution in [-0.2, 0) is 5.41 Å². The Morgan fingerprint density at radius 2 is 1.29 bits per heavy atom. The van der Waals surface area contributed by atoms with E-state index in [1.165, 1.54) is 24.3 Å². The minimum atomic E-state index is -0.215. The molecule has 0 spiro atoms. The van der Waals surface area contributed by atoms with Crippen LogP contribution in [0.2, 0.25) is 0 Å². The number of rotatable bonds is 4. The Kier molecular flexibility index (Phi) is 5.11. The van der Waals surface area contributed by atoms with Crippen LogP contribution in [-0.4, -0.2) is 21.2 Å². The first-order chi connectivity index (χ1) is 14.7. The molecule has 0 aliphatic carbocycles. The molecule has 2 N–H and O–H groups in total. The average Bonchev–Trinajstić information content (AvgIpc) is 3.19. The van der Waals surface area contributed by atoms with E-state index in [2.05, 4.69) is 25.9 Å². The number of nitrogens with zero attached hydrogens (tertiary/aromatic N) is 1. The van der Waals surface area contributed by atoms with Gasteiger partial charge in [-0.2, -0.15) is 0 Å². The molecule has 5 heteroatoms. The Morgan fingerprint density at radius 3 is 1.81 bits per heavy atom. The van der Waals surface area contributed by atoms with Gasteiger partial charge in [-0.05, 0) is 59.5 Å². The van der Waals surface area contributed by atoms with Gasteiger partial charge in [0.25, 0.3) is 0 Å². The predicted octanol–water partition coefficient (Wildman–Crippen LogP) is 5.95. The molecule has 0 amide bonds. The van der Waals surface area contributed by atoms with E-state index in [9.17, 15) is 15.0 Å². The lowest BCUT2D eigenvalue weighted by molar-refractivity contribution is 0.103. The van der Waals surface area contributed by atoms with E-state index in [1.54, 1.807) is 24.3 Å². The van der Waals surface area contributed by atoms with Gasteiger partial charge in [0.1, 0.15) is 17.2 Å². The predicted molar refractivity (Wildman–Crippen MR) is 119 cm³/mol. The first-order valence-electron chi connectivity index (χ1n) is 9.98. The van der Waals surface area contributed by atoms with Crippen LogP contribution < -0.4 is 0 Å². The molecule has 0 bridgehead atoms. The summed E-state index contributed by atoms with van der Waals surface area (Å²) < 4.78 is 5.61. The molecule has 156 valence electrons. The van der Waals surface area contributed by atoms with E-state index in [4.69, 9.17) is 4.52 Å². The lowest BCUT2D eigenvalue weighted by Crippen LogP contribution is -2.11. The number of phenols is 2. The quantitative estimate of drug-likeness (QED) is 0.404. The highest BCUT2D eigenvalue weighted by Crippen LogP contribution is 2.35. The standard InChI is InChI=1S/C26H23NO4/c1-26(2,3)19-10-4-17(5-11-19)24(30)22-23(16-6-12-20(28)13-7-16)27-31-25(22)18-8-14-21(29)15-9-18/h4-15,28-29H,1-3H3. The zero-order chi connectivity index (χ0) is 22.2. The van der Waals surface area contributed by atoms with E-state index in [-0.39, 0.29) is 22.7 Å². The maximum Gasteiger partial charge on any atom is 0.199 e. The molecule has 0 radical (unpaired) electrons. The van der Waals surface area contributed by atoms with Crippen molar-refractivity contribution in [3.8, 4) is 34.1 Å². The highest BCUT2D eigenvalue weighted by molar-refractivity contribution is 6.15. The third-order valence-corrected chi connectivity index (χ3v) is 5.20. The Hall–Kier alpha value is -3.86. The molecule has 0 saturated carbocycles. The number of hydrogen-bond acceptors (Lipinski definition) is 5. The number of hydrogen-bond donors (Lipinski definition) is 2. The van der Waals surface area contributed by atoms with Gasteiger partial charge in [0.05, 0.1) is 5.56 Å². The number of benzene rings is 3. The van der Waals surface area contributed by atoms with Crippen molar-refractivity contribution in [3.63, 3.8) is 0 Å². The van der Waals surface area contributed by atoms with Crippen molar-refractivity contribution < 1.29 is 19.5 Å². The van der Waals surface area contributed by atoms with E-state index in [0.717, 1.165) is 5.56 Å². The summed E-state index contributed by atoms with van der Waals surface area (Å²) >= 11 is 0. The fourth-order valence-electron chi connectivity index (χ4n) is 3.39. The molecular formula is C26H23NO4. The molecule has 0 unspecified atom stereocenters. The fourth-order valence-corrected chi connectivity index (χ4v) is 3.39. The van der Waals surface area contributed by atoms with Crippen LogP contribution in [0.15, 0.2) is 77.3 Å². The summed E-state index contributed by atoms with van der Waals surface area (Å²) in [5.74, 6) is 0.352. The third kappa shape index (κ3) is 4.08. The Morgan fingerprint density at radius 1 is 0.774 bits per heavy atom. The Balaban J connectivity index is 1.85. The molecule has 31 heavy (non-hydrogen) atoms. The normalized spacial score (nSPS) is 11.5. The summed E-state index contributed by atoms with van der Waals surface area (Å²) in [5, 5.41) is 23.4. The number of carbonyl (C=O) groups excluding carboxylic acids is 1. The van der Waals surface area contributed by atoms with Gasteiger partial charge in [-0.15, -0.1) is 0 Å². The largest absolute Gasteiger partial charge is 0.508 e. The second-order valence-corrected chi connectivity index (χ2v) is 8.49. The van der Waals surface area contributed by atoms with E-state index in [1.807, 2.05) is 24.3 Å². The number of ketones is 1. The van der Waals surface area contributed by atoms with Crippen LogP contribution in [0, 0.1) is 0 Å². The van der Waals surface area contributed by atoms with Crippen molar-refractivity contribution in [1.82, 2.24) is 5.16 Å². The molecule has 0 aliphatic rings. The zero-order valence-corrected chi connectivity index (χ0v) is 17.6. The van der Waals surface area contributed by atoms with Gasteiger partial charge in [-0.1, -0.05) is 50.2 Å². The summed E-state index contributed by atoms with van der Waals surface area (Å²) in [6.45, 7) is 6.36.